The van der Waals surface area contributed by atoms with Crippen molar-refractivity contribution < 1.29 is 4.39 Å². The summed E-state index contributed by atoms with van der Waals surface area (Å²) in [5.74, 6) is -0.281. The van der Waals surface area contributed by atoms with Crippen molar-refractivity contribution in [1.29, 1.82) is 5.26 Å². The Morgan fingerprint density at radius 1 is 1.26 bits per heavy atom. The molecule has 1 unspecified atom stereocenters. The summed E-state index contributed by atoms with van der Waals surface area (Å²) in [4.78, 5) is 0. The van der Waals surface area contributed by atoms with Crippen molar-refractivity contribution in [3.05, 3.63) is 35.1 Å². The largest absolute Gasteiger partial charge is 0.310 e. The molecule has 0 fully saturated rings. The van der Waals surface area contributed by atoms with Gasteiger partial charge in [-0.1, -0.05) is 33.1 Å². The summed E-state index contributed by atoms with van der Waals surface area (Å²) in [6.45, 7) is 4.92. The SMILES string of the molecule is CCCCC(CCC)NCc1cc(F)ccc1C#N. The lowest BCUT2D eigenvalue weighted by molar-refractivity contribution is 0.433. The van der Waals surface area contributed by atoms with Gasteiger partial charge in [0.05, 0.1) is 11.6 Å². The fourth-order valence-electron chi connectivity index (χ4n) is 2.22. The molecule has 0 aromatic heterocycles. The van der Waals surface area contributed by atoms with Crippen molar-refractivity contribution >= 4 is 0 Å². The second kappa shape index (κ2) is 8.66. The Morgan fingerprint density at radius 3 is 2.68 bits per heavy atom. The summed E-state index contributed by atoms with van der Waals surface area (Å²) < 4.78 is 13.2. The van der Waals surface area contributed by atoms with Crippen molar-refractivity contribution in [2.45, 2.75) is 58.5 Å². The predicted molar refractivity (Wildman–Crippen MR) is 76.2 cm³/mol. The third-order valence-corrected chi connectivity index (χ3v) is 3.31. The smallest absolute Gasteiger partial charge is 0.123 e. The molecule has 0 aliphatic heterocycles. The van der Waals surface area contributed by atoms with Crippen LogP contribution in [0.2, 0.25) is 0 Å². The summed E-state index contributed by atoms with van der Waals surface area (Å²) in [5, 5.41) is 12.5. The molecule has 104 valence electrons. The highest BCUT2D eigenvalue weighted by Gasteiger charge is 2.09. The monoisotopic (exact) mass is 262 g/mol. The van der Waals surface area contributed by atoms with E-state index in [0.717, 1.165) is 24.8 Å². The zero-order valence-electron chi connectivity index (χ0n) is 11.9. The van der Waals surface area contributed by atoms with Crippen molar-refractivity contribution in [3.8, 4) is 6.07 Å². The Morgan fingerprint density at radius 2 is 2.05 bits per heavy atom. The van der Waals surface area contributed by atoms with E-state index < -0.39 is 0 Å². The van der Waals surface area contributed by atoms with Gasteiger partial charge in [0.2, 0.25) is 0 Å². The molecule has 1 aromatic carbocycles. The maximum Gasteiger partial charge on any atom is 0.123 e. The number of rotatable bonds is 8. The van der Waals surface area contributed by atoms with Gasteiger partial charge in [0, 0.05) is 12.6 Å². The Bertz CT molecular complexity index is 423. The molecule has 0 saturated carbocycles. The van der Waals surface area contributed by atoms with Gasteiger partial charge >= 0.3 is 0 Å². The minimum absolute atomic E-state index is 0.281. The number of nitrogens with one attached hydrogen (secondary N) is 1. The lowest BCUT2D eigenvalue weighted by Crippen LogP contribution is -2.28. The molecule has 1 rings (SSSR count). The highest BCUT2D eigenvalue weighted by molar-refractivity contribution is 5.37. The normalized spacial score (nSPS) is 12.1. The summed E-state index contributed by atoms with van der Waals surface area (Å²) in [6, 6.07) is 6.91. The van der Waals surface area contributed by atoms with Crippen LogP contribution in [0.25, 0.3) is 0 Å². The van der Waals surface area contributed by atoms with E-state index in [4.69, 9.17) is 5.26 Å². The molecule has 0 aliphatic rings. The van der Waals surface area contributed by atoms with Crippen LogP contribution in [0.15, 0.2) is 18.2 Å². The maximum atomic E-state index is 13.2. The van der Waals surface area contributed by atoms with Crippen LogP contribution in [0.3, 0.4) is 0 Å². The molecule has 0 saturated heterocycles. The van der Waals surface area contributed by atoms with E-state index in [9.17, 15) is 4.39 Å². The number of halogens is 1. The molecule has 0 aliphatic carbocycles. The van der Waals surface area contributed by atoms with Crippen molar-refractivity contribution in [3.63, 3.8) is 0 Å². The van der Waals surface area contributed by atoms with Crippen LogP contribution in [-0.2, 0) is 6.54 Å². The van der Waals surface area contributed by atoms with Crippen LogP contribution in [0.1, 0.15) is 57.1 Å². The van der Waals surface area contributed by atoms with E-state index >= 15 is 0 Å². The number of nitrogens with zero attached hydrogens (tertiary/aromatic N) is 1. The van der Waals surface area contributed by atoms with Gasteiger partial charge in [0.15, 0.2) is 0 Å². The van der Waals surface area contributed by atoms with Crippen LogP contribution in [0, 0.1) is 17.1 Å². The number of nitriles is 1. The number of benzene rings is 1. The van der Waals surface area contributed by atoms with E-state index in [2.05, 4.69) is 25.2 Å². The van der Waals surface area contributed by atoms with Crippen LogP contribution in [0.5, 0.6) is 0 Å². The fourth-order valence-corrected chi connectivity index (χ4v) is 2.22. The topological polar surface area (TPSA) is 35.8 Å². The number of hydrogen-bond donors (Lipinski definition) is 1. The van der Waals surface area contributed by atoms with Gasteiger partial charge in [0.25, 0.3) is 0 Å². The van der Waals surface area contributed by atoms with Crippen LogP contribution in [0.4, 0.5) is 4.39 Å². The Hall–Kier alpha value is -1.40. The van der Waals surface area contributed by atoms with Gasteiger partial charge in [0.1, 0.15) is 5.82 Å². The highest BCUT2D eigenvalue weighted by atomic mass is 19.1. The van der Waals surface area contributed by atoms with Crippen molar-refractivity contribution in [2.24, 2.45) is 0 Å². The van der Waals surface area contributed by atoms with E-state index in [1.807, 2.05) is 0 Å². The molecule has 0 amide bonds. The zero-order chi connectivity index (χ0) is 14.1. The number of hydrogen-bond acceptors (Lipinski definition) is 2. The van der Waals surface area contributed by atoms with Crippen molar-refractivity contribution in [2.75, 3.05) is 0 Å². The van der Waals surface area contributed by atoms with Gasteiger partial charge in [-0.05, 0) is 36.6 Å². The van der Waals surface area contributed by atoms with Crippen LogP contribution < -0.4 is 5.32 Å². The average molecular weight is 262 g/mol. The number of unbranched alkanes of at least 4 members (excludes halogenated alkanes) is 1. The predicted octanol–water partition coefficient (Wildman–Crippen LogP) is 4.15. The molecule has 2 nitrogen and oxygen atoms in total. The standard InChI is InChI=1S/C16H23FN2/c1-3-5-7-16(6-4-2)19-12-14-10-15(17)9-8-13(14)11-18/h8-10,16,19H,3-7,12H2,1-2H3. The van der Waals surface area contributed by atoms with Gasteiger partial charge in [-0.25, -0.2) is 4.39 Å². The lowest BCUT2D eigenvalue weighted by atomic mass is 10.0. The van der Waals surface area contributed by atoms with Gasteiger partial charge < -0.3 is 5.32 Å². The average Bonchev–Trinajstić information content (AvgIpc) is 2.42. The molecule has 0 bridgehead atoms. The minimum Gasteiger partial charge on any atom is -0.310 e. The molecule has 1 N–H and O–H groups in total. The molecular weight excluding hydrogens is 239 g/mol. The van der Waals surface area contributed by atoms with Crippen LogP contribution >= 0.6 is 0 Å². The first kappa shape index (κ1) is 15.7. The molecule has 1 atom stereocenters. The molecular formula is C16H23FN2. The van der Waals surface area contributed by atoms with Gasteiger partial charge in [-0.2, -0.15) is 5.26 Å². The van der Waals surface area contributed by atoms with Gasteiger partial charge in [-0.15, -0.1) is 0 Å². The van der Waals surface area contributed by atoms with E-state index in [-0.39, 0.29) is 5.82 Å². The summed E-state index contributed by atoms with van der Waals surface area (Å²) in [7, 11) is 0. The highest BCUT2D eigenvalue weighted by Crippen LogP contribution is 2.12. The van der Waals surface area contributed by atoms with Crippen molar-refractivity contribution in [1.82, 2.24) is 5.32 Å². The van der Waals surface area contributed by atoms with Gasteiger partial charge in [-0.3, -0.25) is 0 Å². The summed E-state index contributed by atoms with van der Waals surface area (Å²) in [5.41, 5.74) is 1.31. The first-order valence-electron chi connectivity index (χ1n) is 7.13. The first-order valence-corrected chi connectivity index (χ1v) is 7.13. The van der Waals surface area contributed by atoms with Crippen LogP contribution in [-0.4, -0.2) is 6.04 Å². The van der Waals surface area contributed by atoms with E-state index in [0.29, 0.717) is 18.2 Å². The maximum absolute atomic E-state index is 13.2. The molecule has 0 heterocycles. The molecule has 3 heteroatoms. The molecule has 0 spiro atoms. The zero-order valence-corrected chi connectivity index (χ0v) is 11.9. The van der Waals surface area contributed by atoms with E-state index in [1.165, 1.54) is 25.0 Å². The lowest BCUT2D eigenvalue weighted by Gasteiger charge is -2.18. The Balaban J connectivity index is 2.62. The molecule has 19 heavy (non-hydrogen) atoms. The minimum atomic E-state index is -0.281. The Kier molecular flexibility index (Phi) is 7.14. The summed E-state index contributed by atoms with van der Waals surface area (Å²) in [6.07, 6.45) is 5.78. The second-order valence-corrected chi connectivity index (χ2v) is 4.92. The Labute approximate surface area is 115 Å². The summed E-state index contributed by atoms with van der Waals surface area (Å²) >= 11 is 0. The third kappa shape index (κ3) is 5.40. The fraction of sp³-hybridized carbons (Fsp3) is 0.562. The quantitative estimate of drug-likeness (QED) is 0.764. The third-order valence-electron chi connectivity index (χ3n) is 3.31. The van der Waals surface area contributed by atoms with E-state index in [1.54, 1.807) is 6.07 Å². The molecule has 0 radical (unpaired) electrons. The molecule has 1 aromatic rings. The second-order valence-electron chi connectivity index (χ2n) is 4.92. The first-order chi connectivity index (χ1) is 9.21.